The number of unbranched alkanes of at least 4 members (excludes halogenated alkanes) is 6. The Morgan fingerprint density at radius 1 is 0.868 bits per heavy atom. The summed E-state index contributed by atoms with van der Waals surface area (Å²) in [6.45, 7) is 8.67. The zero-order chi connectivity index (χ0) is 28.2. The second-order valence-electron chi connectivity index (χ2n) is 10.3. The third-order valence-electron chi connectivity index (χ3n) is 6.90. The Bertz CT molecular complexity index is 783. The molecule has 1 atom stereocenters. The number of aliphatic hydroxyl groups excluding tert-OH is 1. The number of benzene rings is 1. The molecule has 0 aliphatic rings. The van der Waals surface area contributed by atoms with Crippen molar-refractivity contribution >= 4 is 49.4 Å². The minimum absolute atomic E-state index is 0.0181. The van der Waals surface area contributed by atoms with E-state index in [2.05, 4.69) is 37.2 Å². The minimum atomic E-state index is -0.756. The lowest BCUT2D eigenvalue weighted by molar-refractivity contribution is -0.921. The molecule has 0 saturated carbocycles. The number of aliphatic carboxylic acids is 1. The second-order valence-corrected chi connectivity index (χ2v) is 12.0. The van der Waals surface area contributed by atoms with E-state index in [0.717, 1.165) is 111 Å². The van der Waals surface area contributed by atoms with Gasteiger partial charge in [0.1, 0.15) is 0 Å². The van der Waals surface area contributed by atoms with Crippen LogP contribution in [0.2, 0.25) is 0 Å². The van der Waals surface area contributed by atoms with Crippen LogP contribution in [0.3, 0.4) is 0 Å². The summed E-state index contributed by atoms with van der Waals surface area (Å²) in [5, 5.41) is 22.2. The van der Waals surface area contributed by atoms with Crippen LogP contribution in [0, 0.1) is 13.8 Å². The number of carboxylic acids is 1. The van der Waals surface area contributed by atoms with E-state index in [1.165, 1.54) is 0 Å². The van der Waals surface area contributed by atoms with Gasteiger partial charge in [0.2, 0.25) is 0 Å². The Balaban J connectivity index is 2.97. The van der Waals surface area contributed by atoms with E-state index in [-0.39, 0.29) is 18.9 Å². The number of quaternary nitrogens is 1. The third kappa shape index (κ3) is 15.6. The van der Waals surface area contributed by atoms with E-state index in [0.29, 0.717) is 24.1 Å². The number of carboxylic acid groups (broad SMARTS) is 1. The van der Waals surface area contributed by atoms with Crippen molar-refractivity contribution in [2.45, 2.75) is 84.5 Å². The number of anilines is 1. The van der Waals surface area contributed by atoms with Gasteiger partial charge in [0.05, 0.1) is 26.2 Å². The van der Waals surface area contributed by atoms with E-state index in [9.17, 15) is 9.59 Å². The SMILES string of the molecule is Cc1cc(Br)cc(C)c1NC(=O)C[N+](CCCCCCCO)(CCCCCC(=O)O)CCCOCCCBr. The quantitative estimate of drug-likeness (QED) is 0.0696. The summed E-state index contributed by atoms with van der Waals surface area (Å²) in [5.74, 6) is -0.738. The van der Waals surface area contributed by atoms with Crippen molar-refractivity contribution in [1.29, 1.82) is 0 Å². The average molecular weight is 666 g/mol. The van der Waals surface area contributed by atoms with Crippen LogP contribution in [-0.4, -0.2) is 77.9 Å². The van der Waals surface area contributed by atoms with Gasteiger partial charge in [0, 0.05) is 41.5 Å². The molecule has 0 fully saturated rings. The summed E-state index contributed by atoms with van der Waals surface area (Å²) in [6.07, 6.45) is 9.49. The largest absolute Gasteiger partial charge is 0.481 e. The third-order valence-corrected chi connectivity index (χ3v) is 7.92. The monoisotopic (exact) mass is 663 g/mol. The molecule has 0 radical (unpaired) electrons. The Morgan fingerprint density at radius 3 is 2.03 bits per heavy atom. The molecule has 0 spiro atoms. The van der Waals surface area contributed by atoms with Gasteiger partial charge >= 0.3 is 5.97 Å². The Labute approximate surface area is 246 Å². The molecule has 0 bridgehead atoms. The molecule has 38 heavy (non-hydrogen) atoms. The smallest absolute Gasteiger partial charge is 0.303 e. The van der Waals surface area contributed by atoms with Crippen molar-refractivity contribution in [3.8, 4) is 0 Å². The minimum Gasteiger partial charge on any atom is -0.481 e. The number of rotatable bonds is 23. The normalized spacial score (nSPS) is 12.9. The Kier molecular flexibility index (Phi) is 19.2. The maximum Gasteiger partial charge on any atom is 0.303 e. The molecular weight excluding hydrogens is 616 g/mol. The van der Waals surface area contributed by atoms with E-state index in [1.54, 1.807) is 0 Å². The lowest BCUT2D eigenvalue weighted by atomic mass is 10.1. The predicted octanol–water partition coefficient (Wildman–Crippen LogP) is 6.60. The van der Waals surface area contributed by atoms with Gasteiger partial charge in [-0.1, -0.05) is 44.7 Å². The highest BCUT2D eigenvalue weighted by molar-refractivity contribution is 9.10. The van der Waals surface area contributed by atoms with Crippen LogP contribution < -0.4 is 5.32 Å². The second kappa shape index (κ2) is 20.8. The average Bonchev–Trinajstić information content (AvgIpc) is 2.85. The molecule has 9 heteroatoms. The van der Waals surface area contributed by atoms with Gasteiger partial charge in [0.15, 0.2) is 6.54 Å². The molecule has 1 aromatic carbocycles. The first-order valence-electron chi connectivity index (χ1n) is 14.1. The van der Waals surface area contributed by atoms with Crippen LogP contribution >= 0.6 is 31.9 Å². The highest BCUT2D eigenvalue weighted by Gasteiger charge is 2.30. The number of aryl methyl sites for hydroxylation is 2. The van der Waals surface area contributed by atoms with Gasteiger partial charge in [0.25, 0.3) is 5.91 Å². The number of alkyl halides is 1. The zero-order valence-corrected chi connectivity index (χ0v) is 26.6. The molecule has 0 heterocycles. The lowest BCUT2D eigenvalue weighted by Gasteiger charge is -2.39. The summed E-state index contributed by atoms with van der Waals surface area (Å²) in [6, 6.07) is 4.04. The number of carbonyl (C=O) groups is 2. The summed E-state index contributed by atoms with van der Waals surface area (Å²) in [5.41, 5.74) is 2.93. The highest BCUT2D eigenvalue weighted by Crippen LogP contribution is 2.26. The van der Waals surface area contributed by atoms with Crippen LogP contribution in [0.5, 0.6) is 0 Å². The van der Waals surface area contributed by atoms with Crippen molar-refractivity contribution in [3.63, 3.8) is 0 Å². The van der Waals surface area contributed by atoms with Crippen LogP contribution in [0.15, 0.2) is 16.6 Å². The maximum absolute atomic E-state index is 13.5. The van der Waals surface area contributed by atoms with Crippen molar-refractivity contribution in [3.05, 3.63) is 27.7 Å². The summed E-state index contributed by atoms with van der Waals surface area (Å²) < 4.78 is 7.51. The molecule has 7 nitrogen and oxygen atoms in total. The van der Waals surface area contributed by atoms with E-state index >= 15 is 0 Å². The van der Waals surface area contributed by atoms with Gasteiger partial charge in [-0.25, -0.2) is 0 Å². The molecule has 3 N–H and O–H groups in total. The van der Waals surface area contributed by atoms with E-state index < -0.39 is 5.97 Å². The first-order valence-corrected chi connectivity index (χ1v) is 16.0. The molecular formula is C29H49Br2N2O5+. The van der Waals surface area contributed by atoms with Crippen LogP contribution in [-0.2, 0) is 14.3 Å². The fraction of sp³-hybridized carbons (Fsp3) is 0.724. The van der Waals surface area contributed by atoms with Gasteiger partial charge in [-0.3, -0.25) is 9.59 Å². The van der Waals surface area contributed by atoms with Crippen LogP contribution in [0.1, 0.15) is 81.8 Å². The maximum atomic E-state index is 13.5. The highest BCUT2D eigenvalue weighted by atomic mass is 79.9. The number of halogens is 2. The zero-order valence-electron chi connectivity index (χ0n) is 23.4. The summed E-state index contributed by atoms with van der Waals surface area (Å²) in [7, 11) is 0. The number of ether oxygens (including phenoxy) is 1. The van der Waals surface area contributed by atoms with Crippen molar-refractivity contribution < 1.29 is 29.0 Å². The molecule has 1 rings (SSSR count). The van der Waals surface area contributed by atoms with Gasteiger partial charge in [-0.05, 0) is 82.1 Å². The number of aliphatic hydroxyl groups is 1. The lowest BCUT2D eigenvalue weighted by Crippen LogP contribution is -2.54. The van der Waals surface area contributed by atoms with Crippen molar-refractivity contribution in [2.24, 2.45) is 0 Å². The fourth-order valence-electron chi connectivity index (χ4n) is 4.91. The number of nitrogens with zero attached hydrogens (tertiary/aromatic N) is 1. The number of carbonyl (C=O) groups excluding carboxylic acids is 1. The number of hydrogen-bond acceptors (Lipinski definition) is 4. The molecule has 0 aliphatic heterocycles. The molecule has 0 aliphatic carbocycles. The van der Waals surface area contributed by atoms with E-state index in [4.69, 9.17) is 14.9 Å². The molecule has 1 unspecified atom stereocenters. The number of hydrogen-bond donors (Lipinski definition) is 3. The summed E-state index contributed by atoms with van der Waals surface area (Å²) in [4.78, 5) is 24.4. The molecule has 1 amide bonds. The van der Waals surface area contributed by atoms with Gasteiger partial charge in [-0.15, -0.1) is 0 Å². The van der Waals surface area contributed by atoms with E-state index in [1.807, 2.05) is 26.0 Å². The van der Waals surface area contributed by atoms with Crippen LogP contribution in [0.4, 0.5) is 5.69 Å². The molecule has 0 saturated heterocycles. The van der Waals surface area contributed by atoms with Gasteiger partial charge in [-0.2, -0.15) is 0 Å². The Hall–Kier alpha value is -1.00. The number of nitrogens with one attached hydrogen (secondary N) is 1. The standard InChI is InChI=1S/C29H48Br2N2O5/c1-24-21-26(31)22-25(2)29(24)32-27(35)23-33(15-8-4-3-5-10-18-34,16-9-6-7-13-28(36)37)17-12-20-38-19-11-14-30/h21-22,34H,3-20,23H2,1-2H3,(H-,32,35,36,37)/p+1. The first-order chi connectivity index (χ1) is 18.2. The van der Waals surface area contributed by atoms with Gasteiger partial charge < -0.3 is 24.7 Å². The molecule has 0 aromatic heterocycles. The topological polar surface area (TPSA) is 95.9 Å². The first kappa shape index (κ1) is 35.0. The number of amides is 1. The van der Waals surface area contributed by atoms with Crippen LogP contribution in [0.25, 0.3) is 0 Å². The Morgan fingerprint density at radius 2 is 1.42 bits per heavy atom. The molecule has 218 valence electrons. The summed E-state index contributed by atoms with van der Waals surface area (Å²) >= 11 is 6.97. The predicted molar refractivity (Wildman–Crippen MR) is 162 cm³/mol. The van der Waals surface area contributed by atoms with Crippen molar-refractivity contribution in [1.82, 2.24) is 0 Å². The fourth-order valence-corrected chi connectivity index (χ4v) is 5.83. The molecule has 1 aromatic rings. The van der Waals surface area contributed by atoms with Crippen molar-refractivity contribution in [2.75, 3.05) is 56.6 Å².